The lowest BCUT2D eigenvalue weighted by atomic mass is 9.91. The molecule has 4 aromatic carbocycles. The van der Waals surface area contributed by atoms with Crippen molar-refractivity contribution in [3.05, 3.63) is 183 Å². The molecule has 5 heterocycles. The van der Waals surface area contributed by atoms with E-state index in [1.54, 1.807) is 36.8 Å². The summed E-state index contributed by atoms with van der Waals surface area (Å²) in [6.45, 7) is 7.67. The monoisotopic (exact) mass is 1090 g/mol. The van der Waals surface area contributed by atoms with E-state index in [2.05, 4.69) is 104 Å². The average Bonchev–Trinajstić information content (AvgIpc) is 3.66. The van der Waals surface area contributed by atoms with E-state index in [4.69, 9.17) is 17.3 Å². The first-order valence-electron chi connectivity index (χ1n) is 22.4. The highest BCUT2D eigenvalue weighted by Crippen LogP contribution is 2.34. The number of ketones is 2. The zero-order valence-electron chi connectivity index (χ0n) is 38.7. The summed E-state index contributed by atoms with van der Waals surface area (Å²) in [5.74, 6) is 4.01. The molecule has 3 aliphatic rings. The number of carbonyl (C=O) groups is 4. The van der Waals surface area contributed by atoms with Gasteiger partial charge in [-0.25, -0.2) is 29.9 Å². The quantitative estimate of drug-likeness (QED) is 0.0707. The van der Waals surface area contributed by atoms with Crippen molar-refractivity contribution in [2.24, 2.45) is 0 Å². The summed E-state index contributed by atoms with van der Waals surface area (Å²) in [6.07, 6.45) is 11.3. The second-order valence-electron chi connectivity index (χ2n) is 16.4. The van der Waals surface area contributed by atoms with E-state index in [9.17, 15) is 19.2 Å². The van der Waals surface area contributed by atoms with Crippen LogP contribution in [0.4, 0.5) is 28.8 Å². The Kier molecular flexibility index (Phi) is 19.6. The Hall–Kier alpha value is -6.95. The minimum absolute atomic E-state index is 0.00156. The van der Waals surface area contributed by atoms with E-state index in [0.717, 1.165) is 71.8 Å². The number of nitrogens with two attached hydrogens (primary N) is 1. The van der Waals surface area contributed by atoms with Gasteiger partial charge in [-0.1, -0.05) is 70.8 Å². The molecule has 3 atom stereocenters. The smallest absolute Gasteiger partial charge is 0.251 e. The summed E-state index contributed by atoms with van der Waals surface area (Å²) in [7, 11) is 0. The summed E-state index contributed by atoms with van der Waals surface area (Å²) in [4.78, 5) is 69.6. The van der Waals surface area contributed by atoms with Crippen LogP contribution in [0.2, 0.25) is 0 Å². The predicted octanol–water partition coefficient (Wildman–Crippen LogP) is 11.0. The molecule has 6 N–H and O–H groups in total. The third kappa shape index (κ3) is 15.3. The van der Waals surface area contributed by atoms with Crippen molar-refractivity contribution in [2.75, 3.05) is 35.3 Å². The van der Waals surface area contributed by atoms with E-state index in [-0.39, 0.29) is 23.4 Å². The van der Waals surface area contributed by atoms with Gasteiger partial charge >= 0.3 is 0 Å². The van der Waals surface area contributed by atoms with E-state index < -0.39 is 0 Å². The number of Topliss-reactive ketones (excluding diaryl/α,β-unsaturated/α-hetero) is 2. The molecule has 3 aromatic heterocycles. The second-order valence-corrected chi connectivity index (χ2v) is 18.6. The van der Waals surface area contributed by atoms with Gasteiger partial charge in [-0.2, -0.15) is 0 Å². The third-order valence-electron chi connectivity index (χ3n) is 11.1. The first kappa shape index (κ1) is 52.4. The van der Waals surface area contributed by atoms with Crippen LogP contribution in [0.5, 0.6) is 0 Å². The first-order valence-corrected chi connectivity index (χ1v) is 24.5. The number of alkyl halides is 1. The molecule has 2 aliphatic heterocycles. The molecule has 70 heavy (non-hydrogen) atoms. The summed E-state index contributed by atoms with van der Waals surface area (Å²) < 4.78 is 2.05. The van der Waals surface area contributed by atoms with Gasteiger partial charge < -0.3 is 27.0 Å². The standard InChI is InChI=1S/2C14H14N4O.C10H10BrClO.C10H9BrO.C4H5N3/c2*1-9-7-16-14(19)11-3-2-10(6-12(9)11)18-13-4-5-15-8-17-13;11-9-5-3-8(4-6-9)10(13)2-1-7-12;1-6-4-10(12)8-3-2-7(11)5-9(6)8;5-4-1-2-6-3-7-4/h2*2-6,8-9H,7H2,1H3,(H,16,19)(H,15,17,18);3-6H,1-2,7H2;2-3,5-6H,4H2,1H3;1-3H,(H2,5,6,7). The fourth-order valence-corrected chi connectivity index (χ4v) is 8.22. The molecule has 10 rings (SSSR count). The fourth-order valence-electron chi connectivity index (χ4n) is 7.44. The highest BCUT2D eigenvalue weighted by atomic mass is 79.9. The molecule has 0 saturated carbocycles. The van der Waals surface area contributed by atoms with Crippen molar-refractivity contribution >= 4 is 95.7 Å². The van der Waals surface area contributed by atoms with Crippen LogP contribution in [0, 0.1) is 0 Å². The molecule has 1 aliphatic carbocycles. The third-order valence-corrected chi connectivity index (χ3v) is 12.4. The van der Waals surface area contributed by atoms with Gasteiger partial charge in [-0.3, -0.25) is 19.2 Å². The van der Waals surface area contributed by atoms with Gasteiger partial charge in [0.1, 0.15) is 36.4 Å². The van der Waals surface area contributed by atoms with Crippen LogP contribution in [0.3, 0.4) is 0 Å². The SMILES string of the molecule is CC1CC(=O)c2ccc(Br)cc21.CC1CNC(=O)c2ccc(Nc3ccncn3)cc21.CC1CNC(=O)c2ccc(Nc3ccncn3)cc21.Nc1ccncn1.O=C(CCCCl)c1ccc(Br)cc1. The van der Waals surface area contributed by atoms with Crippen LogP contribution in [-0.4, -0.2) is 72.3 Å². The highest BCUT2D eigenvalue weighted by molar-refractivity contribution is 9.10. The summed E-state index contributed by atoms with van der Waals surface area (Å²) in [5, 5.41) is 12.2. The van der Waals surface area contributed by atoms with Crippen molar-refractivity contribution in [3.8, 4) is 0 Å². The van der Waals surface area contributed by atoms with Gasteiger partial charge in [0.25, 0.3) is 11.8 Å². The molecule has 15 nitrogen and oxygen atoms in total. The number of aromatic nitrogens is 6. The van der Waals surface area contributed by atoms with Crippen molar-refractivity contribution < 1.29 is 19.2 Å². The molecule has 0 bridgehead atoms. The number of amides is 2. The molecule has 3 unspecified atom stereocenters. The maximum Gasteiger partial charge on any atom is 0.251 e. The van der Waals surface area contributed by atoms with Crippen molar-refractivity contribution in [1.29, 1.82) is 0 Å². The molecule has 0 radical (unpaired) electrons. The van der Waals surface area contributed by atoms with Gasteiger partial charge in [0.15, 0.2) is 11.6 Å². The largest absolute Gasteiger partial charge is 0.384 e. The Morgan fingerprint density at radius 2 is 1.11 bits per heavy atom. The second kappa shape index (κ2) is 26.1. The number of fused-ring (bicyclic) bond motifs is 3. The Balaban J connectivity index is 0.000000149. The van der Waals surface area contributed by atoms with Crippen LogP contribution in [-0.2, 0) is 0 Å². The first-order chi connectivity index (χ1) is 33.8. The Morgan fingerprint density at radius 3 is 1.57 bits per heavy atom. The van der Waals surface area contributed by atoms with Gasteiger partial charge in [0.05, 0.1) is 0 Å². The molecule has 0 spiro atoms. The molecule has 18 heteroatoms. The van der Waals surface area contributed by atoms with Gasteiger partial charge in [-0.05, 0) is 120 Å². The van der Waals surface area contributed by atoms with Crippen molar-refractivity contribution in [3.63, 3.8) is 0 Å². The lowest BCUT2D eigenvalue weighted by Crippen LogP contribution is -2.33. The molecule has 2 amide bonds. The lowest BCUT2D eigenvalue weighted by molar-refractivity contribution is 0.0933. The van der Waals surface area contributed by atoms with Gasteiger partial charge in [-0.15, -0.1) is 11.6 Å². The lowest BCUT2D eigenvalue weighted by Gasteiger charge is -2.23. The Bertz CT molecular complexity index is 2760. The van der Waals surface area contributed by atoms with E-state index in [1.165, 1.54) is 24.5 Å². The zero-order chi connectivity index (χ0) is 50.0. The Labute approximate surface area is 428 Å². The number of halogens is 3. The Morgan fingerprint density at radius 1 is 0.629 bits per heavy atom. The van der Waals surface area contributed by atoms with E-state index in [0.29, 0.717) is 55.4 Å². The summed E-state index contributed by atoms with van der Waals surface area (Å²) >= 11 is 12.2. The number of carbonyl (C=O) groups excluding carboxylic acids is 4. The average molecular weight is 1090 g/mol. The maximum absolute atomic E-state index is 11.7. The number of hydrogen-bond acceptors (Lipinski definition) is 13. The van der Waals surface area contributed by atoms with Crippen LogP contribution in [0.1, 0.15) is 116 Å². The minimum Gasteiger partial charge on any atom is -0.384 e. The zero-order valence-corrected chi connectivity index (χ0v) is 42.6. The fraction of sp³-hybridized carbons (Fsp3) is 0.231. The minimum atomic E-state index is 0.00156. The topological polar surface area (TPSA) is 220 Å². The van der Waals surface area contributed by atoms with Crippen LogP contribution >= 0.6 is 43.5 Å². The molecule has 0 saturated heterocycles. The summed E-state index contributed by atoms with van der Waals surface area (Å²) in [5.41, 5.74) is 13.6. The van der Waals surface area contributed by atoms with Crippen LogP contribution in [0.25, 0.3) is 0 Å². The van der Waals surface area contributed by atoms with E-state index in [1.807, 2.05) is 78.9 Å². The molecule has 7 aromatic rings. The summed E-state index contributed by atoms with van der Waals surface area (Å²) in [6, 6.07) is 30.0. The van der Waals surface area contributed by atoms with Crippen LogP contribution in [0.15, 0.2) is 144 Å². The molecular weight excluding hydrogens is 1040 g/mol. The van der Waals surface area contributed by atoms with Gasteiger partial charge in [0, 0.05) is 93.0 Å². The molecular formula is C52H52Br2ClN11O4. The number of rotatable bonds is 8. The van der Waals surface area contributed by atoms with Crippen LogP contribution < -0.4 is 27.0 Å². The maximum atomic E-state index is 11.7. The van der Waals surface area contributed by atoms with Gasteiger partial charge in [0.2, 0.25) is 0 Å². The predicted molar refractivity (Wildman–Crippen MR) is 281 cm³/mol. The molecule has 360 valence electrons. The van der Waals surface area contributed by atoms with E-state index >= 15 is 0 Å². The van der Waals surface area contributed by atoms with Crippen molar-refractivity contribution in [2.45, 2.75) is 57.8 Å². The highest BCUT2D eigenvalue weighted by Gasteiger charge is 2.26. The number of benzene rings is 4. The molecule has 0 fully saturated rings. The van der Waals surface area contributed by atoms with Crippen molar-refractivity contribution in [1.82, 2.24) is 40.5 Å². The number of anilines is 5. The number of nitrogens with zero attached hydrogens (tertiary/aromatic N) is 6. The number of hydrogen-bond donors (Lipinski definition) is 5. The number of nitrogens with one attached hydrogen (secondary N) is 4. The number of nitrogen functional groups attached to an aromatic ring is 1. The normalized spacial score (nSPS) is 15.9.